The summed E-state index contributed by atoms with van der Waals surface area (Å²) in [5.41, 5.74) is 5.64. The number of hydrazone groups is 1. The van der Waals surface area contributed by atoms with Gasteiger partial charge in [-0.2, -0.15) is 5.10 Å². The van der Waals surface area contributed by atoms with Crippen molar-refractivity contribution in [1.29, 1.82) is 0 Å². The number of aromatic hydroxyl groups is 1. The van der Waals surface area contributed by atoms with Crippen LogP contribution in [0.3, 0.4) is 0 Å². The van der Waals surface area contributed by atoms with Crippen molar-refractivity contribution in [3.05, 3.63) is 65.2 Å². The molecule has 0 bridgehead atoms. The number of phenols is 1. The highest BCUT2D eigenvalue weighted by Gasteiger charge is 2.08. The van der Waals surface area contributed by atoms with Gasteiger partial charge in [0.2, 0.25) is 0 Å². The van der Waals surface area contributed by atoms with Gasteiger partial charge in [0.15, 0.2) is 8.68 Å². The van der Waals surface area contributed by atoms with Gasteiger partial charge in [-0.15, -0.1) is 10.2 Å². The summed E-state index contributed by atoms with van der Waals surface area (Å²) in [6.07, 6.45) is 1.48. The van der Waals surface area contributed by atoms with E-state index in [0.29, 0.717) is 5.56 Å². The highest BCUT2D eigenvalue weighted by molar-refractivity contribution is 8.03. The molecule has 0 aliphatic heterocycles. The number of hydrogen-bond acceptors (Lipinski definition) is 8. The molecular weight excluding hydrogens is 412 g/mol. The van der Waals surface area contributed by atoms with Gasteiger partial charge in [0, 0.05) is 5.75 Å². The lowest BCUT2D eigenvalue weighted by molar-refractivity contribution is -0.118. The zero-order chi connectivity index (χ0) is 19.8. The van der Waals surface area contributed by atoms with E-state index >= 15 is 0 Å². The fraction of sp³-hybridized carbons (Fsp3) is 0.158. The van der Waals surface area contributed by atoms with Crippen molar-refractivity contribution >= 4 is 47.0 Å². The SMILES string of the molecule is Cc1ccc(CSc2nnc(SCC(=O)N/N=C\c3cccc(O)c3)s2)cc1. The average Bonchev–Trinajstić information content (AvgIpc) is 3.14. The van der Waals surface area contributed by atoms with E-state index in [1.807, 2.05) is 0 Å². The number of hydrogen-bond donors (Lipinski definition) is 2. The van der Waals surface area contributed by atoms with Gasteiger partial charge in [0.05, 0.1) is 12.0 Å². The van der Waals surface area contributed by atoms with Crippen molar-refractivity contribution in [3.63, 3.8) is 0 Å². The van der Waals surface area contributed by atoms with E-state index in [4.69, 9.17) is 0 Å². The quantitative estimate of drug-likeness (QED) is 0.318. The molecule has 0 saturated heterocycles. The summed E-state index contributed by atoms with van der Waals surface area (Å²) in [6, 6.07) is 15.0. The summed E-state index contributed by atoms with van der Waals surface area (Å²) in [7, 11) is 0. The van der Waals surface area contributed by atoms with Gasteiger partial charge in [-0.05, 0) is 30.2 Å². The zero-order valence-electron chi connectivity index (χ0n) is 15.0. The standard InChI is InChI=1S/C19H18N4O2S3/c1-13-5-7-14(8-6-13)11-26-18-22-23-19(28-18)27-12-17(25)21-20-10-15-3-2-4-16(24)9-15/h2-10,24H,11-12H2,1H3,(H,21,25)/b20-10-. The number of rotatable bonds is 8. The van der Waals surface area contributed by atoms with Crippen LogP contribution < -0.4 is 5.43 Å². The smallest absolute Gasteiger partial charge is 0.250 e. The van der Waals surface area contributed by atoms with Gasteiger partial charge in [-0.25, -0.2) is 5.43 Å². The summed E-state index contributed by atoms with van der Waals surface area (Å²) >= 11 is 4.44. The highest BCUT2D eigenvalue weighted by Crippen LogP contribution is 2.30. The van der Waals surface area contributed by atoms with Crippen LogP contribution in [0.15, 0.2) is 62.3 Å². The van der Waals surface area contributed by atoms with Crippen LogP contribution in [0.2, 0.25) is 0 Å². The molecule has 0 unspecified atom stereocenters. The lowest BCUT2D eigenvalue weighted by Crippen LogP contribution is -2.19. The summed E-state index contributed by atoms with van der Waals surface area (Å²) in [6.45, 7) is 2.07. The van der Waals surface area contributed by atoms with Crippen LogP contribution in [-0.2, 0) is 10.5 Å². The molecular formula is C19H18N4O2S3. The Kier molecular flexibility index (Phi) is 7.46. The molecule has 0 saturated carbocycles. The molecule has 6 nitrogen and oxygen atoms in total. The molecule has 0 aliphatic carbocycles. The molecule has 0 spiro atoms. The molecule has 1 amide bonds. The summed E-state index contributed by atoms with van der Waals surface area (Å²) in [5.74, 6) is 0.960. The lowest BCUT2D eigenvalue weighted by Gasteiger charge is -1.99. The van der Waals surface area contributed by atoms with Crippen LogP contribution in [-0.4, -0.2) is 33.2 Å². The van der Waals surface area contributed by atoms with Crippen molar-refractivity contribution in [2.45, 2.75) is 21.4 Å². The molecule has 3 rings (SSSR count). The molecule has 2 aromatic carbocycles. The van der Waals surface area contributed by atoms with Gasteiger partial charge in [-0.3, -0.25) is 4.79 Å². The maximum absolute atomic E-state index is 11.9. The van der Waals surface area contributed by atoms with Gasteiger partial charge < -0.3 is 5.11 Å². The molecule has 0 fully saturated rings. The second-order valence-corrected chi connectivity index (χ2v) is 9.21. The average molecular weight is 431 g/mol. The fourth-order valence-corrected chi connectivity index (χ4v) is 4.85. The Balaban J connectivity index is 1.41. The van der Waals surface area contributed by atoms with E-state index in [-0.39, 0.29) is 17.4 Å². The Hall–Kier alpha value is -2.36. The Labute approximate surface area is 175 Å². The highest BCUT2D eigenvalue weighted by atomic mass is 32.2. The molecule has 28 heavy (non-hydrogen) atoms. The maximum atomic E-state index is 11.9. The number of aryl methyl sites for hydroxylation is 1. The Morgan fingerprint density at radius 1 is 1.18 bits per heavy atom. The van der Waals surface area contributed by atoms with Gasteiger partial charge in [0.25, 0.3) is 5.91 Å². The molecule has 0 aliphatic rings. The number of benzene rings is 2. The minimum absolute atomic E-state index is 0.151. The second-order valence-electron chi connectivity index (χ2n) is 5.78. The Morgan fingerprint density at radius 2 is 1.93 bits per heavy atom. The largest absolute Gasteiger partial charge is 0.508 e. The molecule has 1 aromatic heterocycles. The maximum Gasteiger partial charge on any atom is 0.250 e. The first-order valence-electron chi connectivity index (χ1n) is 8.34. The van der Waals surface area contributed by atoms with Crippen molar-refractivity contribution in [2.24, 2.45) is 5.10 Å². The molecule has 2 N–H and O–H groups in total. The predicted molar refractivity (Wildman–Crippen MR) is 115 cm³/mol. The van der Waals surface area contributed by atoms with Crippen LogP contribution in [0.25, 0.3) is 0 Å². The molecule has 9 heteroatoms. The van der Waals surface area contributed by atoms with E-state index in [0.717, 1.165) is 14.4 Å². The van der Waals surface area contributed by atoms with Crippen LogP contribution in [0.1, 0.15) is 16.7 Å². The third-order valence-corrected chi connectivity index (χ3v) is 6.73. The number of carbonyl (C=O) groups excluding carboxylic acids is 1. The zero-order valence-corrected chi connectivity index (χ0v) is 17.5. The third kappa shape index (κ3) is 6.66. The first kappa shape index (κ1) is 20.4. The normalized spacial score (nSPS) is 11.0. The van der Waals surface area contributed by atoms with E-state index in [9.17, 15) is 9.90 Å². The van der Waals surface area contributed by atoms with Gasteiger partial charge >= 0.3 is 0 Å². The minimum atomic E-state index is -0.231. The van der Waals surface area contributed by atoms with Crippen molar-refractivity contribution < 1.29 is 9.90 Å². The van der Waals surface area contributed by atoms with E-state index in [2.05, 4.69) is 51.9 Å². The number of carbonyl (C=O) groups is 1. The summed E-state index contributed by atoms with van der Waals surface area (Å²) in [4.78, 5) is 11.9. The van der Waals surface area contributed by atoms with E-state index < -0.39 is 0 Å². The van der Waals surface area contributed by atoms with Crippen LogP contribution in [0.4, 0.5) is 0 Å². The number of thioether (sulfide) groups is 2. The topological polar surface area (TPSA) is 87.5 Å². The molecule has 144 valence electrons. The van der Waals surface area contributed by atoms with Crippen LogP contribution in [0.5, 0.6) is 5.75 Å². The number of nitrogens with zero attached hydrogens (tertiary/aromatic N) is 3. The number of phenolic OH excluding ortho intramolecular Hbond substituents is 1. The Morgan fingerprint density at radius 3 is 2.68 bits per heavy atom. The first-order chi connectivity index (χ1) is 13.6. The van der Waals surface area contributed by atoms with Crippen molar-refractivity contribution in [2.75, 3.05) is 5.75 Å². The van der Waals surface area contributed by atoms with E-state index in [1.54, 1.807) is 36.0 Å². The lowest BCUT2D eigenvalue weighted by atomic mass is 10.2. The number of aromatic nitrogens is 2. The monoisotopic (exact) mass is 430 g/mol. The van der Waals surface area contributed by atoms with Crippen molar-refractivity contribution in [1.82, 2.24) is 15.6 Å². The molecule has 1 heterocycles. The van der Waals surface area contributed by atoms with Crippen LogP contribution in [0, 0.1) is 6.92 Å². The Bertz CT molecular complexity index is 958. The van der Waals surface area contributed by atoms with Gasteiger partial charge in [0.1, 0.15) is 5.75 Å². The number of amides is 1. The predicted octanol–water partition coefficient (Wildman–Crippen LogP) is 4.09. The summed E-state index contributed by atoms with van der Waals surface area (Å²) in [5, 5.41) is 21.5. The molecule has 0 radical (unpaired) electrons. The number of nitrogens with one attached hydrogen (secondary N) is 1. The fourth-order valence-electron chi connectivity index (χ4n) is 2.09. The third-order valence-electron chi connectivity index (χ3n) is 3.47. The minimum Gasteiger partial charge on any atom is -0.508 e. The molecule has 3 aromatic rings. The van der Waals surface area contributed by atoms with Crippen molar-refractivity contribution in [3.8, 4) is 5.75 Å². The summed E-state index contributed by atoms with van der Waals surface area (Å²) < 4.78 is 1.63. The van der Waals surface area contributed by atoms with E-state index in [1.165, 1.54) is 40.4 Å². The second kappa shape index (κ2) is 10.3. The first-order valence-corrected chi connectivity index (χ1v) is 11.1. The van der Waals surface area contributed by atoms with Gasteiger partial charge in [-0.1, -0.05) is 76.8 Å². The molecule has 0 atom stereocenters. The van der Waals surface area contributed by atoms with Crippen LogP contribution >= 0.6 is 34.9 Å².